The molecule has 8 nitrogen and oxygen atoms in total. The molecule has 2 aromatic carbocycles. The van der Waals surface area contributed by atoms with Crippen molar-refractivity contribution in [3.8, 4) is 11.5 Å². The second kappa shape index (κ2) is 8.45. The van der Waals surface area contributed by atoms with E-state index in [4.69, 9.17) is 9.47 Å². The number of thiazole rings is 1. The lowest BCUT2D eigenvalue weighted by Gasteiger charge is -2.22. The fourth-order valence-corrected chi connectivity index (χ4v) is 5.20. The van der Waals surface area contributed by atoms with Crippen molar-refractivity contribution in [2.24, 2.45) is 0 Å². The number of amides is 1. The van der Waals surface area contributed by atoms with Crippen LogP contribution in [0.3, 0.4) is 0 Å². The Bertz CT molecular complexity index is 1450. The number of aromatic nitrogens is 2. The summed E-state index contributed by atoms with van der Waals surface area (Å²) in [5.41, 5.74) is 1.88. The largest absolute Gasteiger partial charge is 0.486 e. The number of nitrogens with zero attached hydrogens (tertiary/aromatic N) is 3. The van der Waals surface area contributed by atoms with Crippen molar-refractivity contribution in [3.05, 3.63) is 72.1 Å². The quantitative estimate of drug-likeness (QED) is 0.428. The van der Waals surface area contributed by atoms with Crippen LogP contribution in [0.5, 0.6) is 11.5 Å². The summed E-state index contributed by atoms with van der Waals surface area (Å²) in [5.74, 6) is 0.860. The predicted octanol–water partition coefficient (Wildman–Crippen LogP) is 3.71. The minimum Gasteiger partial charge on any atom is -0.486 e. The molecule has 33 heavy (non-hydrogen) atoms. The molecular formula is C23H19N3O5S2. The van der Waals surface area contributed by atoms with Crippen LogP contribution in [0.2, 0.25) is 0 Å². The molecule has 0 spiro atoms. The lowest BCUT2D eigenvalue weighted by atomic mass is 10.1. The van der Waals surface area contributed by atoms with E-state index in [1.54, 1.807) is 53.7 Å². The molecule has 0 bridgehead atoms. The van der Waals surface area contributed by atoms with Gasteiger partial charge in [-0.3, -0.25) is 14.7 Å². The average molecular weight is 482 g/mol. The minimum atomic E-state index is -3.36. The van der Waals surface area contributed by atoms with Crippen LogP contribution in [0.4, 0.5) is 5.13 Å². The van der Waals surface area contributed by atoms with Gasteiger partial charge < -0.3 is 9.47 Å². The second-order valence-corrected chi connectivity index (χ2v) is 10.5. The summed E-state index contributed by atoms with van der Waals surface area (Å²) in [5, 5.41) is 0.458. The van der Waals surface area contributed by atoms with Gasteiger partial charge in [0.1, 0.15) is 13.2 Å². The molecule has 10 heteroatoms. The fourth-order valence-electron chi connectivity index (χ4n) is 3.47. The van der Waals surface area contributed by atoms with Crippen molar-refractivity contribution >= 4 is 42.4 Å². The van der Waals surface area contributed by atoms with E-state index in [1.165, 1.54) is 17.4 Å². The third kappa shape index (κ3) is 4.39. The van der Waals surface area contributed by atoms with E-state index in [-0.39, 0.29) is 17.3 Å². The fraction of sp³-hybridized carbons (Fsp3) is 0.174. The van der Waals surface area contributed by atoms with E-state index in [0.29, 0.717) is 45.6 Å². The summed E-state index contributed by atoms with van der Waals surface area (Å²) in [6.07, 6.45) is 4.52. The van der Waals surface area contributed by atoms with Gasteiger partial charge >= 0.3 is 0 Å². The zero-order chi connectivity index (χ0) is 23.0. The van der Waals surface area contributed by atoms with Crippen molar-refractivity contribution in [1.82, 2.24) is 9.97 Å². The first-order valence-corrected chi connectivity index (χ1v) is 12.8. The third-order valence-corrected chi connectivity index (χ3v) is 7.26. The first-order chi connectivity index (χ1) is 15.9. The molecule has 1 aliphatic heterocycles. The van der Waals surface area contributed by atoms with Gasteiger partial charge in [-0.2, -0.15) is 0 Å². The van der Waals surface area contributed by atoms with Crippen LogP contribution in [0.15, 0.2) is 65.8 Å². The zero-order valence-electron chi connectivity index (χ0n) is 17.6. The molecular weight excluding hydrogens is 462 g/mol. The Morgan fingerprint density at radius 2 is 1.91 bits per heavy atom. The number of carbonyl (C=O) groups is 1. The molecule has 2 aromatic heterocycles. The van der Waals surface area contributed by atoms with Gasteiger partial charge in [-0.15, -0.1) is 0 Å². The first kappa shape index (κ1) is 21.4. The van der Waals surface area contributed by atoms with Gasteiger partial charge in [0.15, 0.2) is 26.5 Å². The monoisotopic (exact) mass is 481 g/mol. The van der Waals surface area contributed by atoms with Crippen LogP contribution in [0, 0.1) is 0 Å². The van der Waals surface area contributed by atoms with E-state index >= 15 is 0 Å². The summed E-state index contributed by atoms with van der Waals surface area (Å²) < 4.78 is 35.8. The number of sulfone groups is 1. The lowest BCUT2D eigenvalue weighted by Crippen LogP contribution is -2.30. The SMILES string of the molecule is CS(=O)(=O)c1ccc2nc(N(Cc3cccnc3)C(=O)c3ccc4c(c3)OCCO4)sc2c1. The molecule has 0 saturated heterocycles. The number of rotatable bonds is 5. The normalized spacial score (nSPS) is 13.1. The second-order valence-electron chi connectivity index (χ2n) is 7.51. The number of ether oxygens (including phenoxy) is 2. The van der Waals surface area contributed by atoms with E-state index in [2.05, 4.69) is 9.97 Å². The maximum Gasteiger partial charge on any atom is 0.260 e. The molecule has 168 valence electrons. The maximum absolute atomic E-state index is 13.6. The standard InChI is InChI=1S/C23H19N3O5S2/c1-33(28,29)17-5-6-18-21(12-17)32-23(25-18)26(14-15-3-2-8-24-13-15)22(27)16-4-7-19-20(11-16)31-10-9-30-19/h2-8,11-13H,9-10,14H2,1H3. The van der Waals surface area contributed by atoms with Crippen molar-refractivity contribution in [2.75, 3.05) is 24.4 Å². The van der Waals surface area contributed by atoms with Crippen molar-refractivity contribution in [2.45, 2.75) is 11.4 Å². The smallest absolute Gasteiger partial charge is 0.260 e. The van der Waals surface area contributed by atoms with Crippen LogP contribution in [-0.4, -0.2) is 43.8 Å². The zero-order valence-corrected chi connectivity index (χ0v) is 19.2. The molecule has 1 amide bonds. The summed E-state index contributed by atoms with van der Waals surface area (Å²) in [6.45, 7) is 1.14. The average Bonchev–Trinajstić information content (AvgIpc) is 3.25. The van der Waals surface area contributed by atoms with Crippen LogP contribution in [-0.2, 0) is 16.4 Å². The number of pyridine rings is 1. The molecule has 0 radical (unpaired) electrons. The molecule has 0 atom stereocenters. The molecule has 0 unspecified atom stereocenters. The van der Waals surface area contributed by atoms with Crippen LogP contribution in [0.25, 0.3) is 10.2 Å². The Morgan fingerprint density at radius 3 is 2.67 bits per heavy atom. The highest BCUT2D eigenvalue weighted by Crippen LogP contribution is 2.34. The van der Waals surface area contributed by atoms with Gasteiger partial charge in [0, 0.05) is 24.2 Å². The molecule has 3 heterocycles. The van der Waals surface area contributed by atoms with Gasteiger partial charge in [-0.1, -0.05) is 17.4 Å². The van der Waals surface area contributed by atoms with Crippen LogP contribution >= 0.6 is 11.3 Å². The minimum absolute atomic E-state index is 0.210. The Kier molecular flexibility index (Phi) is 5.47. The number of hydrogen-bond acceptors (Lipinski definition) is 8. The van der Waals surface area contributed by atoms with Crippen molar-refractivity contribution in [3.63, 3.8) is 0 Å². The van der Waals surface area contributed by atoms with E-state index in [1.807, 2.05) is 6.07 Å². The third-order valence-electron chi connectivity index (χ3n) is 5.11. The molecule has 4 aromatic rings. The lowest BCUT2D eigenvalue weighted by molar-refractivity contribution is 0.0984. The summed E-state index contributed by atoms with van der Waals surface area (Å²) in [4.78, 5) is 24.2. The Balaban J connectivity index is 1.56. The van der Waals surface area contributed by atoms with Gasteiger partial charge in [-0.25, -0.2) is 13.4 Å². The Morgan fingerprint density at radius 1 is 1.09 bits per heavy atom. The Labute approximate surface area is 194 Å². The number of fused-ring (bicyclic) bond motifs is 2. The molecule has 0 fully saturated rings. The highest BCUT2D eigenvalue weighted by molar-refractivity contribution is 7.90. The molecule has 5 rings (SSSR count). The summed E-state index contributed by atoms with van der Waals surface area (Å²) in [6, 6.07) is 13.5. The Hall–Kier alpha value is -3.50. The van der Waals surface area contributed by atoms with Crippen molar-refractivity contribution < 1.29 is 22.7 Å². The number of carbonyl (C=O) groups excluding carboxylic acids is 1. The first-order valence-electron chi connectivity index (χ1n) is 10.1. The predicted molar refractivity (Wildman–Crippen MR) is 125 cm³/mol. The molecule has 0 aliphatic carbocycles. The molecule has 0 N–H and O–H groups in total. The number of anilines is 1. The molecule has 1 aliphatic rings. The number of hydrogen-bond donors (Lipinski definition) is 0. The van der Waals surface area contributed by atoms with Gasteiger partial charge in [0.2, 0.25) is 0 Å². The summed E-state index contributed by atoms with van der Waals surface area (Å²) in [7, 11) is -3.36. The van der Waals surface area contributed by atoms with Crippen LogP contribution < -0.4 is 14.4 Å². The highest BCUT2D eigenvalue weighted by Gasteiger charge is 2.24. The van der Waals surface area contributed by atoms with Crippen LogP contribution in [0.1, 0.15) is 15.9 Å². The molecule has 0 saturated carbocycles. The van der Waals surface area contributed by atoms with E-state index in [0.717, 1.165) is 11.8 Å². The van der Waals surface area contributed by atoms with Gasteiger partial charge in [0.25, 0.3) is 5.91 Å². The van der Waals surface area contributed by atoms with E-state index in [9.17, 15) is 13.2 Å². The van der Waals surface area contributed by atoms with Gasteiger partial charge in [0.05, 0.1) is 21.7 Å². The summed E-state index contributed by atoms with van der Waals surface area (Å²) >= 11 is 1.26. The number of benzene rings is 2. The topological polar surface area (TPSA) is 98.7 Å². The van der Waals surface area contributed by atoms with Gasteiger partial charge in [-0.05, 0) is 48.0 Å². The highest BCUT2D eigenvalue weighted by atomic mass is 32.2. The van der Waals surface area contributed by atoms with E-state index < -0.39 is 9.84 Å². The maximum atomic E-state index is 13.6. The van der Waals surface area contributed by atoms with Crippen molar-refractivity contribution in [1.29, 1.82) is 0 Å².